The van der Waals surface area contributed by atoms with Crippen LogP contribution in [-0.4, -0.2) is 59.8 Å². The molecule has 8 heteroatoms. The van der Waals surface area contributed by atoms with Gasteiger partial charge in [-0.2, -0.15) is 5.10 Å². The molecule has 2 heterocycles. The molecule has 0 spiro atoms. The molecule has 1 aromatic carbocycles. The predicted molar refractivity (Wildman–Crippen MR) is 96.6 cm³/mol. The van der Waals surface area contributed by atoms with Gasteiger partial charge in [-0.25, -0.2) is 4.39 Å². The minimum Gasteiger partial charge on any atom is -0.383 e. The first-order valence-electron chi connectivity index (χ1n) is 8.89. The van der Waals surface area contributed by atoms with Crippen LogP contribution in [0, 0.1) is 5.82 Å². The lowest BCUT2D eigenvalue weighted by Crippen LogP contribution is -2.56. The SMILES string of the molecule is COCCNC(=O)C1(n2cccn2)CCN(C(=O)c2cccc(F)c2)CC1. The number of hydrogen-bond acceptors (Lipinski definition) is 4. The van der Waals surface area contributed by atoms with Crippen molar-refractivity contribution < 1.29 is 18.7 Å². The van der Waals surface area contributed by atoms with E-state index in [2.05, 4.69) is 10.4 Å². The quantitative estimate of drug-likeness (QED) is 0.776. The Morgan fingerprint density at radius 1 is 1.30 bits per heavy atom. The number of rotatable bonds is 6. The van der Waals surface area contributed by atoms with Gasteiger partial charge in [-0.05, 0) is 37.1 Å². The van der Waals surface area contributed by atoms with Gasteiger partial charge in [0.1, 0.15) is 11.4 Å². The van der Waals surface area contributed by atoms with Gasteiger partial charge in [0, 0.05) is 44.7 Å². The van der Waals surface area contributed by atoms with Crippen molar-refractivity contribution in [2.45, 2.75) is 18.4 Å². The number of amides is 2. The van der Waals surface area contributed by atoms with Crippen molar-refractivity contribution in [2.75, 3.05) is 33.4 Å². The zero-order valence-electron chi connectivity index (χ0n) is 15.2. The maximum Gasteiger partial charge on any atom is 0.253 e. The normalized spacial score (nSPS) is 16.1. The van der Waals surface area contributed by atoms with Gasteiger partial charge in [-0.3, -0.25) is 14.3 Å². The van der Waals surface area contributed by atoms with Crippen LogP contribution in [0.4, 0.5) is 4.39 Å². The molecule has 0 saturated carbocycles. The van der Waals surface area contributed by atoms with Gasteiger partial charge in [0.05, 0.1) is 6.61 Å². The lowest BCUT2D eigenvalue weighted by molar-refractivity contribution is -0.133. The number of methoxy groups -OCH3 is 1. The van der Waals surface area contributed by atoms with E-state index in [9.17, 15) is 14.0 Å². The molecule has 0 atom stereocenters. The van der Waals surface area contributed by atoms with Gasteiger partial charge in [-0.15, -0.1) is 0 Å². The minimum atomic E-state index is -0.851. The van der Waals surface area contributed by atoms with Crippen LogP contribution in [0.2, 0.25) is 0 Å². The Balaban J connectivity index is 1.74. The number of nitrogens with zero attached hydrogens (tertiary/aromatic N) is 3. The van der Waals surface area contributed by atoms with Crippen LogP contribution in [0.5, 0.6) is 0 Å². The summed E-state index contributed by atoms with van der Waals surface area (Å²) in [6.45, 7) is 1.59. The number of nitrogens with one attached hydrogen (secondary N) is 1. The molecule has 1 aliphatic heterocycles. The van der Waals surface area contributed by atoms with E-state index in [1.807, 2.05) is 0 Å². The second-order valence-electron chi connectivity index (χ2n) is 6.53. The lowest BCUT2D eigenvalue weighted by Gasteiger charge is -2.40. The fourth-order valence-corrected chi connectivity index (χ4v) is 3.40. The first kappa shape index (κ1) is 19.0. The van der Waals surface area contributed by atoms with Crippen LogP contribution >= 0.6 is 0 Å². The number of benzene rings is 1. The average Bonchev–Trinajstić information content (AvgIpc) is 3.23. The molecule has 27 heavy (non-hydrogen) atoms. The number of likely N-dealkylation sites (tertiary alicyclic amines) is 1. The highest BCUT2D eigenvalue weighted by Gasteiger charge is 2.44. The third kappa shape index (κ3) is 4.00. The summed E-state index contributed by atoms with van der Waals surface area (Å²) in [5.41, 5.74) is -0.540. The first-order valence-corrected chi connectivity index (χ1v) is 8.89. The van der Waals surface area contributed by atoms with Crippen LogP contribution in [0.15, 0.2) is 42.7 Å². The molecule has 7 nitrogen and oxygen atoms in total. The summed E-state index contributed by atoms with van der Waals surface area (Å²) in [5, 5.41) is 7.16. The van der Waals surface area contributed by atoms with E-state index in [4.69, 9.17) is 4.74 Å². The Kier molecular flexibility index (Phi) is 5.85. The van der Waals surface area contributed by atoms with Crippen molar-refractivity contribution >= 4 is 11.8 Å². The molecular weight excluding hydrogens is 351 g/mol. The zero-order chi connectivity index (χ0) is 19.3. The molecule has 1 aromatic heterocycles. The molecule has 0 aliphatic carbocycles. The Bertz CT molecular complexity index is 786. The monoisotopic (exact) mass is 374 g/mol. The van der Waals surface area contributed by atoms with Crippen molar-refractivity contribution in [3.63, 3.8) is 0 Å². The van der Waals surface area contributed by atoms with Crippen molar-refractivity contribution in [1.82, 2.24) is 20.0 Å². The van der Waals surface area contributed by atoms with Crippen molar-refractivity contribution in [3.8, 4) is 0 Å². The van der Waals surface area contributed by atoms with E-state index in [1.165, 1.54) is 18.2 Å². The highest BCUT2D eigenvalue weighted by atomic mass is 19.1. The standard InChI is InChI=1S/C19H23FN4O3/c1-27-13-9-21-18(26)19(24-10-3-8-22-24)6-11-23(12-7-19)17(25)15-4-2-5-16(20)14-15/h2-5,8,10,14H,6-7,9,11-13H2,1H3,(H,21,26). The summed E-state index contributed by atoms with van der Waals surface area (Å²) >= 11 is 0. The molecule has 0 bridgehead atoms. The molecule has 1 fully saturated rings. The summed E-state index contributed by atoms with van der Waals surface area (Å²) in [6, 6.07) is 7.42. The smallest absolute Gasteiger partial charge is 0.253 e. The molecule has 1 aliphatic rings. The van der Waals surface area contributed by atoms with Crippen molar-refractivity contribution in [2.24, 2.45) is 0 Å². The molecule has 2 aromatic rings. The summed E-state index contributed by atoms with van der Waals surface area (Å²) in [4.78, 5) is 27.2. The largest absolute Gasteiger partial charge is 0.383 e. The maximum absolute atomic E-state index is 13.4. The van der Waals surface area contributed by atoms with Gasteiger partial charge in [-0.1, -0.05) is 6.07 Å². The fraction of sp³-hybridized carbons (Fsp3) is 0.421. The summed E-state index contributed by atoms with van der Waals surface area (Å²) in [6.07, 6.45) is 4.25. The number of aromatic nitrogens is 2. The number of piperidine rings is 1. The number of hydrogen-bond donors (Lipinski definition) is 1. The van der Waals surface area contributed by atoms with Crippen LogP contribution in [0.1, 0.15) is 23.2 Å². The van der Waals surface area contributed by atoms with E-state index < -0.39 is 11.4 Å². The van der Waals surface area contributed by atoms with Crippen molar-refractivity contribution in [1.29, 1.82) is 0 Å². The fourth-order valence-electron chi connectivity index (χ4n) is 3.40. The molecule has 0 unspecified atom stereocenters. The van der Waals surface area contributed by atoms with E-state index in [-0.39, 0.29) is 11.8 Å². The van der Waals surface area contributed by atoms with Crippen molar-refractivity contribution in [3.05, 3.63) is 54.1 Å². The number of ether oxygens (including phenoxy) is 1. The zero-order valence-corrected chi connectivity index (χ0v) is 15.2. The van der Waals surface area contributed by atoms with Gasteiger partial charge >= 0.3 is 0 Å². The summed E-state index contributed by atoms with van der Waals surface area (Å²) in [5.74, 6) is -0.814. The number of halogens is 1. The number of carbonyl (C=O) groups excluding carboxylic acids is 2. The lowest BCUT2D eigenvalue weighted by atomic mass is 9.86. The third-order valence-electron chi connectivity index (χ3n) is 4.91. The molecule has 1 N–H and O–H groups in total. The van der Waals surface area contributed by atoms with E-state index in [0.717, 1.165) is 0 Å². The first-order chi connectivity index (χ1) is 13.1. The number of carbonyl (C=O) groups is 2. The molecule has 3 rings (SSSR count). The Hall–Kier alpha value is -2.74. The molecule has 2 amide bonds. The van der Waals surface area contributed by atoms with Gasteiger partial charge in [0.2, 0.25) is 5.91 Å². The average molecular weight is 374 g/mol. The van der Waals surface area contributed by atoms with Crippen LogP contribution in [-0.2, 0) is 15.1 Å². The minimum absolute atomic E-state index is 0.138. The molecule has 1 saturated heterocycles. The second kappa shape index (κ2) is 8.30. The summed E-state index contributed by atoms with van der Waals surface area (Å²) < 4.78 is 20.1. The maximum atomic E-state index is 13.4. The predicted octanol–water partition coefficient (Wildman–Crippen LogP) is 1.42. The van der Waals surface area contributed by atoms with Gasteiger partial charge in [0.15, 0.2) is 0 Å². The van der Waals surface area contributed by atoms with Crippen LogP contribution in [0.25, 0.3) is 0 Å². The molecule has 0 radical (unpaired) electrons. The Labute approximate surface area is 157 Å². The van der Waals surface area contributed by atoms with Gasteiger partial charge < -0.3 is 15.0 Å². The Morgan fingerprint density at radius 3 is 2.70 bits per heavy atom. The molecular formula is C19H23FN4O3. The van der Waals surface area contributed by atoms with Crippen LogP contribution in [0.3, 0.4) is 0 Å². The summed E-state index contributed by atoms with van der Waals surface area (Å²) in [7, 11) is 1.58. The molecule has 144 valence electrons. The second-order valence-corrected chi connectivity index (χ2v) is 6.53. The van der Waals surface area contributed by atoms with Crippen LogP contribution < -0.4 is 5.32 Å². The van der Waals surface area contributed by atoms with E-state index in [0.29, 0.717) is 44.6 Å². The topological polar surface area (TPSA) is 76.5 Å². The van der Waals surface area contributed by atoms with E-state index in [1.54, 1.807) is 41.2 Å². The Morgan fingerprint density at radius 2 is 2.07 bits per heavy atom. The van der Waals surface area contributed by atoms with E-state index >= 15 is 0 Å². The highest BCUT2D eigenvalue weighted by molar-refractivity contribution is 5.94. The third-order valence-corrected chi connectivity index (χ3v) is 4.91. The highest BCUT2D eigenvalue weighted by Crippen LogP contribution is 2.30. The van der Waals surface area contributed by atoms with Gasteiger partial charge in [0.25, 0.3) is 5.91 Å².